The highest BCUT2D eigenvalue weighted by Crippen LogP contribution is 2.30. The molecule has 0 atom stereocenters. The Morgan fingerprint density at radius 3 is 2.58 bits per heavy atom. The number of aromatic nitrogens is 1. The monoisotopic (exact) mass is 364 g/mol. The molecule has 0 N–H and O–H groups in total. The second-order valence-electron chi connectivity index (χ2n) is 6.42. The van der Waals surface area contributed by atoms with E-state index in [-0.39, 0.29) is 5.88 Å². The van der Waals surface area contributed by atoms with Crippen LogP contribution in [0.3, 0.4) is 0 Å². The van der Waals surface area contributed by atoms with Crippen molar-refractivity contribution in [3.05, 3.63) is 53.7 Å². The SMILES string of the molecule is O=CN1CCC(Cc2cccc(Oc3ccc(C(F)(F)F)cn3)c2)CC1. The number of likely N-dealkylation sites (tertiary alicyclic amines) is 1. The van der Waals surface area contributed by atoms with Crippen LogP contribution in [-0.2, 0) is 17.4 Å². The molecule has 0 bridgehead atoms. The third-order valence-corrected chi connectivity index (χ3v) is 4.51. The van der Waals surface area contributed by atoms with Gasteiger partial charge in [-0.25, -0.2) is 4.98 Å². The van der Waals surface area contributed by atoms with Gasteiger partial charge >= 0.3 is 6.18 Å². The van der Waals surface area contributed by atoms with Crippen molar-refractivity contribution in [3.8, 4) is 11.6 Å². The molecule has 0 unspecified atom stereocenters. The standard InChI is InChI=1S/C19H19F3N2O2/c20-19(21,22)16-4-5-18(23-12-16)26-17-3-1-2-15(11-17)10-14-6-8-24(13-25)9-7-14/h1-5,11-14H,6-10H2. The van der Waals surface area contributed by atoms with Gasteiger partial charge < -0.3 is 9.64 Å². The molecule has 26 heavy (non-hydrogen) atoms. The summed E-state index contributed by atoms with van der Waals surface area (Å²) in [7, 11) is 0. The van der Waals surface area contributed by atoms with E-state index in [1.165, 1.54) is 6.07 Å². The summed E-state index contributed by atoms with van der Waals surface area (Å²) in [6, 6.07) is 9.65. The lowest BCUT2D eigenvalue weighted by Crippen LogP contribution is -2.33. The number of rotatable bonds is 5. The minimum atomic E-state index is -4.41. The van der Waals surface area contributed by atoms with Crippen molar-refractivity contribution in [2.75, 3.05) is 13.1 Å². The van der Waals surface area contributed by atoms with Crippen molar-refractivity contribution in [3.63, 3.8) is 0 Å². The smallest absolute Gasteiger partial charge is 0.417 e. The predicted molar refractivity (Wildman–Crippen MR) is 89.8 cm³/mol. The third kappa shape index (κ3) is 4.74. The van der Waals surface area contributed by atoms with E-state index in [1.807, 2.05) is 18.2 Å². The van der Waals surface area contributed by atoms with E-state index in [9.17, 15) is 18.0 Å². The van der Waals surface area contributed by atoms with Crippen LogP contribution in [0.2, 0.25) is 0 Å². The fourth-order valence-electron chi connectivity index (χ4n) is 3.06. The van der Waals surface area contributed by atoms with Crippen LogP contribution in [0.1, 0.15) is 24.0 Å². The lowest BCUT2D eigenvalue weighted by molar-refractivity contribution is -0.137. The first-order valence-electron chi connectivity index (χ1n) is 8.43. The zero-order valence-corrected chi connectivity index (χ0v) is 14.1. The quantitative estimate of drug-likeness (QED) is 0.743. The Balaban J connectivity index is 1.61. The van der Waals surface area contributed by atoms with Crippen molar-refractivity contribution in [1.29, 1.82) is 0 Å². The number of hydrogen-bond acceptors (Lipinski definition) is 3. The molecule has 138 valence electrons. The van der Waals surface area contributed by atoms with Crippen LogP contribution in [0.25, 0.3) is 0 Å². The first-order valence-corrected chi connectivity index (χ1v) is 8.43. The van der Waals surface area contributed by atoms with Crippen LogP contribution in [0.5, 0.6) is 11.6 Å². The van der Waals surface area contributed by atoms with E-state index in [1.54, 1.807) is 11.0 Å². The molecule has 3 rings (SSSR count). The zero-order valence-electron chi connectivity index (χ0n) is 14.1. The maximum absolute atomic E-state index is 12.6. The molecule has 1 aromatic carbocycles. The van der Waals surface area contributed by atoms with Gasteiger partial charge in [0.05, 0.1) is 5.56 Å². The summed E-state index contributed by atoms with van der Waals surface area (Å²) < 4.78 is 43.3. The van der Waals surface area contributed by atoms with Crippen LogP contribution in [0.4, 0.5) is 13.2 Å². The lowest BCUT2D eigenvalue weighted by atomic mass is 9.90. The number of pyridine rings is 1. The molecule has 0 spiro atoms. The van der Waals surface area contributed by atoms with E-state index in [0.717, 1.165) is 56.6 Å². The Morgan fingerprint density at radius 2 is 1.96 bits per heavy atom. The minimum absolute atomic E-state index is 0.120. The van der Waals surface area contributed by atoms with Crippen LogP contribution >= 0.6 is 0 Å². The highest BCUT2D eigenvalue weighted by atomic mass is 19.4. The molecule has 4 nitrogen and oxygen atoms in total. The molecular formula is C19H19F3N2O2. The Labute approximate surface area is 149 Å². The van der Waals surface area contributed by atoms with Gasteiger partial charge in [-0.1, -0.05) is 12.1 Å². The maximum atomic E-state index is 12.6. The Kier molecular flexibility index (Phi) is 5.44. The summed E-state index contributed by atoms with van der Waals surface area (Å²) in [5.41, 5.74) is 0.291. The van der Waals surface area contributed by atoms with Crippen LogP contribution < -0.4 is 4.74 Å². The van der Waals surface area contributed by atoms with E-state index in [2.05, 4.69) is 4.98 Å². The number of hydrogen-bond donors (Lipinski definition) is 0. The van der Waals surface area contributed by atoms with Crippen molar-refractivity contribution in [2.24, 2.45) is 5.92 Å². The van der Waals surface area contributed by atoms with Crippen LogP contribution in [0.15, 0.2) is 42.6 Å². The Hall–Kier alpha value is -2.57. The van der Waals surface area contributed by atoms with Gasteiger partial charge in [-0.3, -0.25) is 4.79 Å². The number of alkyl halides is 3. The molecule has 0 radical (unpaired) electrons. The molecule has 1 aromatic heterocycles. The molecule has 1 aliphatic heterocycles. The van der Waals surface area contributed by atoms with Gasteiger partial charge in [0.25, 0.3) is 0 Å². The number of halogens is 3. The summed E-state index contributed by atoms with van der Waals surface area (Å²) in [5.74, 6) is 1.17. The predicted octanol–water partition coefficient (Wildman–Crippen LogP) is 4.30. The lowest BCUT2D eigenvalue weighted by Gasteiger charge is -2.29. The fraction of sp³-hybridized carbons (Fsp3) is 0.368. The van der Waals surface area contributed by atoms with Gasteiger partial charge in [0.2, 0.25) is 12.3 Å². The molecule has 0 saturated carbocycles. The van der Waals surface area contributed by atoms with Gasteiger partial charge in [0.1, 0.15) is 5.75 Å². The van der Waals surface area contributed by atoms with Crippen molar-refractivity contribution >= 4 is 6.41 Å². The molecular weight excluding hydrogens is 345 g/mol. The number of ether oxygens (including phenoxy) is 1. The summed E-state index contributed by atoms with van der Waals surface area (Å²) >= 11 is 0. The maximum Gasteiger partial charge on any atom is 0.417 e. The number of carbonyl (C=O) groups is 1. The van der Waals surface area contributed by atoms with E-state index in [0.29, 0.717) is 11.7 Å². The summed E-state index contributed by atoms with van der Waals surface area (Å²) in [6.07, 6.45) is 0.0471. The highest BCUT2D eigenvalue weighted by molar-refractivity contribution is 5.47. The van der Waals surface area contributed by atoms with E-state index >= 15 is 0 Å². The minimum Gasteiger partial charge on any atom is -0.439 e. The average molecular weight is 364 g/mol. The molecule has 1 fully saturated rings. The van der Waals surface area contributed by atoms with Crippen molar-refractivity contribution in [2.45, 2.75) is 25.4 Å². The first-order chi connectivity index (χ1) is 12.4. The normalized spacial score (nSPS) is 15.7. The average Bonchev–Trinajstić information content (AvgIpc) is 2.62. The van der Waals surface area contributed by atoms with Gasteiger partial charge in [-0.2, -0.15) is 13.2 Å². The van der Waals surface area contributed by atoms with Gasteiger partial charge in [-0.05, 0) is 48.9 Å². The molecule has 2 aromatic rings. The van der Waals surface area contributed by atoms with Gasteiger partial charge in [0.15, 0.2) is 0 Å². The van der Waals surface area contributed by atoms with Crippen LogP contribution in [-0.4, -0.2) is 29.4 Å². The fourth-order valence-corrected chi connectivity index (χ4v) is 3.06. The van der Waals surface area contributed by atoms with Crippen molar-refractivity contribution in [1.82, 2.24) is 9.88 Å². The molecule has 2 heterocycles. The second kappa shape index (κ2) is 7.76. The third-order valence-electron chi connectivity index (χ3n) is 4.51. The summed E-state index contributed by atoms with van der Waals surface area (Å²) in [6.45, 7) is 1.56. The largest absolute Gasteiger partial charge is 0.439 e. The first kappa shape index (κ1) is 18.2. The van der Waals surface area contributed by atoms with E-state index < -0.39 is 11.7 Å². The molecule has 1 amide bonds. The number of benzene rings is 1. The van der Waals surface area contributed by atoms with Crippen molar-refractivity contribution < 1.29 is 22.7 Å². The molecule has 7 heteroatoms. The number of carbonyl (C=O) groups excluding carboxylic acids is 1. The Bertz CT molecular complexity index is 739. The van der Waals surface area contributed by atoms with Gasteiger partial charge in [0, 0.05) is 25.4 Å². The summed E-state index contributed by atoms with van der Waals surface area (Å²) in [4.78, 5) is 16.3. The van der Waals surface area contributed by atoms with E-state index in [4.69, 9.17) is 4.74 Å². The topological polar surface area (TPSA) is 42.4 Å². The molecule has 1 saturated heterocycles. The molecule has 1 aliphatic rings. The van der Waals surface area contributed by atoms with Gasteiger partial charge in [-0.15, -0.1) is 0 Å². The summed E-state index contributed by atoms with van der Waals surface area (Å²) in [5, 5.41) is 0. The second-order valence-corrected chi connectivity index (χ2v) is 6.42. The Morgan fingerprint density at radius 1 is 1.19 bits per heavy atom. The molecule has 0 aliphatic carbocycles. The zero-order chi connectivity index (χ0) is 18.6. The number of piperidine rings is 1. The number of amides is 1. The number of nitrogens with zero attached hydrogens (tertiary/aromatic N) is 2. The highest BCUT2D eigenvalue weighted by Gasteiger charge is 2.30. The van der Waals surface area contributed by atoms with Crippen LogP contribution in [0, 0.1) is 5.92 Å².